The average Bonchev–Trinajstić information content (AvgIpc) is 3.70. The molecule has 2 aromatic heterocycles. The summed E-state index contributed by atoms with van der Waals surface area (Å²) in [6, 6.07) is 46.1. The van der Waals surface area contributed by atoms with Gasteiger partial charge in [-0.3, -0.25) is 4.57 Å². The number of benzene rings is 7. The number of hydrogen-bond acceptors (Lipinski definition) is 1. The van der Waals surface area contributed by atoms with Gasteiger partial charge in [-0.05, 0) is 122 Å². The monoisotopic (exact) mass is 709 g/mol. The summed E-state index contributed by atoms with van der Waals surface area (Å²) in [5.74, 6) is 1.01. The molecule has 0 radical (unpaired) electrons. The zero-order valence-corrected chi connectivity index (χ0v) is 33.0. The first-order valence-electron chi connectivity index (χ1n) is 19.8. The molecule has 0 aliphatic carbocycles. The Morgan fingerprint density at radius 3 is 1.93 bits per heavy atom. The maximum absolute atomic E-state index is 5.63. The van der Waals surface area contributed by atoms with E-state index in [1.165, 1.54) is 105 Å². The van der Waals surface area contributed by atoms with E-state index in [9.17, 15) is 0 Å². The maximum atomic E-state index is 5.63. The first-order chi connectivity index (χ1) is 26.4. The fourth-order valence-corrected chi connectivity index (χ4v) is 9.89. The van der Waals surface area contributed by atoms with Gasteiger partial charge in [0.05, 0.1) is 16.6 Å². The third-order valence-electron chi connectivity index (χ3n) is 12.6. The van der Waals surface area contributed by atoms with Crippen LogP contribution in [0.3, 0.4) is 0 Å². The maximum Gasteiger partial charge on any atom is 0.253 e. The molecule has 0 saturated heterocycles. The van der Waals surface area contributed by atoms with Crippen molar-refractivity contribution in [1.82, 2.24) is 14.1 Å². The Hall–Kier alpha value is -5.87. The average molecular weight is 710 g/mol. The molecule has 7 aromatic carbocycles. The summed E-state index contributed by atoms with van der Waals surface area (Å²) in [7, 11) is 0. The predicted octanol–water partition coefficient (Wildman–Crippen LogP) is 11.0. The van der Waals surface area contributed by atoms with Crippen molar-refractivity contribution < 1.29 is 0 Å². The molecule has 0 amide bonds. The molecular formula is C51H44BN3. The van der Waals surface area contributed by atoms with Crippen molar-refractivity contribution in [2.45, 2.75) is 66.2 Å². The van der Waals surface area contributed by atoms with Gasteiger partial charge >= 0.3 is 0 Å². The van der Waals surface area contributed by atoms with Gasteiger partial charge in [0.2, 0.25) is 0 Å². The standard InChI is InChI=1S/C51H44BN3/c1-29-15-14-16-30(2)44(29)49-53-40-23-32-19-12-13-20-36(32)45-48(40)55(49)43-25-33(31-17-10-9-11-18-31)24-42-46(43)52(45)39-28-35(51(6,7)8)27-38-37-26-34(50(3,4)5)21-22-41(37)54(42)47(38)39/h9-28H,1-8H3. The van der Waals surface area contributed by atoms with Crippen molar-refractivity contribution in [2.75, 3.05) is 0 Å². The minimum Gasteiger partial charge on any atom is -0.310 e. The fraction of sp³-hybridized carbons (Fsp3) is 0.196. The summed E-state index contributed by atoms with van der Waals surface area (Å²) in [6.45, 7) is 18.5. The highest BCUT2D eigenvalue weighted by Crippen LogP contribution is 2.43. The van der Waals surface area contributed by atoms with E-state index < -0.39 is 0 Å². The van der Waals surface area contributed by atoms with Crippen molar-refractivity contribution in [1.29, 1.82) is 0 Å². The van der Waals surface area contributed by atoms with Crippen molar-refractivity contribution in [2.24, 2.45) is 0 Å². The molecule has 3 nitrogen and oxygen atoms in total. The van der Waals surface area contributed by atoms with Gasteiger partial charge in [-0.2, -0.15) is 0 Å². The molecule has 2 aliphatic rings. The Labute approximate surface area is 323 Å². The van der Waals surface area contributed by atoms with Crippen LogP contribution in [-0.2, 0) is 10.8 Å². The molecule has 0 bridgehead atoms. The van der Waals surface area contributed by atoms with Gasteiger partial charge in [0.15, 0.2) is 0 Å². The van der Waals surface area contributed by atoms with Gasteiger partial charge in [-0.25, -0.2) is 4.98 Å². The Morgan fingerprint density at radius 2 is 1.20 bits per heavy atom. The highest BCUT2D eigenvalue weighted by atomic mass is 15.1. The number of nitrogens with zero attached hydrogens (tertiary/aromatic N) is 3. The Balaban J connectivity index is 1.40. The van der Waals surface area contributed by atoms with Crippen LogP contribution in [0.5, 0.6) is 0 Å². The quantitative estimate of drug-likeness (QED) is 0.164. The van der Waals surface area contributed by atoms with Crippen LogP contribution in [0.4, 0.5) is 0 Å². The molecule has 2 aliphatic heterocycles. The first-order valence-corrected chi connectivity index (χ1v) is 19.8. The van der Waals surface area contributed by atoms with Crippen molar-refractivity contribution in [3.63, 3.8) is 0 Å². The summed E-state index contributed by atoms with van der Waals surface area (Å²) in [5, 5.41) is 5.20. The lowest BCUT2D eigenvalue weighted by atomic mass is 9.33. The molecule has 0 spiro atoms. The molecular weight excluding hydrogens is 665 g/mol. The van der Waals surface area contributed by atoms with Gasteiger partial charge in [0.1, 0.15) is 5.82 Å². The minimum absolute atomic E-state index is 0.0159. The van der Waals surface area contributed by atoms with E-state index in [-0.39, 0.29) is 17.5 Å². The lowest BCUT2D eigenvalue weighted by molar-refractivity contribution is 0.590. The second-order valence-corrected chi connectivity index (χ2v) is 18.2. The zero-order valence-electron chi connectivity index (χ0n) is 33.0. The molecule has 4 heterocycles. The van der Waals surface area contributed by atoms with E-state index in [1.54, 1.807) is 0 Å². The van der Waals surface area contributed by atoms with Gasteiger partial charge in [-0.1, -0.05) is 126 Å². The molecule has 0 fully saturated rings. The van der Waals surface area contributed by atoms with Crippen LogP contribution in [-0.4, -0.2) is 20.8 Å². The lowest BCUT2D eigenvalue weighted by Crippen LogP contribution is -2.60. The number of aryl methyl sites for hydroxylation is 2. The van der Waals surface area contributed by atoms with Gasteiger partial charge in [-0.15, -0.1) is 0 Å². The van der Waals surface area contributed by atoms with Gasteiger partial charge in [0.25, 0.3) is 6.71 Å². The van der Waals surface area contributed by atoms with E-state index in [0.29, 0.717) is 0 Å². The number of rotatable bonds is 2. The Morgan fingerprint density at radius 1 is 0.527 bits per heavy atom. The van der Waals surface area contributed by atoms with E-state index in [4.69, 9.17) is 4.98 Å². The third-order valence-corrected chi connectivity index (χ3v) is 12.6. The van der Waals surface area contributed by atoms with E-state index in [1.807, 2.05) is 0 Å². The molecule has 11 rings (SSSR count). The SMILES string of the molecule is Cc1cccc(C)c1-c1nc2cc3ccccc3c3c2n1-c1cc(-c2ccccc2)cc2c1B3c1cc(C(C)(C)C)cc3c4cc(C(C)(C)C)ccc4n-2c13. The van der Waals surface area contributed by atoms with Crippen LogP contribution in [0.15, 0.2) is 121 Å². The summed E-state index contributed by atoms with van der Waals surface area (Å²) in [5.41, 5.74) is 20.3. The zero-order chi connectivity index (χ0) is 37.7. The molecule has 0 N–H and O–H groups in total. The number of fused-ring (bicyclic) bond motifs is 9. The number of imidazole rings is 1. The molecule has 9 aromatic rings. The van der Waals surface area contributed by atoms with E-state index in [0.717, 1.165) is 11.3 Å². The van der Waals surface area contributed by atoms with Gasteiger partial charge < -0.3 is 4.57 Å². The minimum atomic E-state index is -0.0406. The topological polar surface area (TPSA) is 22.8 Å². The first kappa shape index (κ1) is 32.6. The molecule has 0 saturated carbocycles. The smallest absolute Gasteiger partial charge is 0.253 e. The highest BCUT2D eigenvalue weighted by molar-refractivity contribution is 7.01. The summed E-state index contributed by atoms with van der Waals surface area (Å²) < 4.78 is 5.15. The summed E-state index contributed by atoms with van der Waals surface area (Å²) in [4.78, 5) is 5.63. The normalized spacial score (nSPS) is 13.4. The number of aromatic nitrogens is 3. The molecule has 0 atom stereocenters. The Kier molecular flexibility index (Phi) is 6.44. The molecule has 0 unspecified atom stereocenters. The highest BCUT2D eigenvalue weighted by Gasteiger charge is 2.43. The van der Waals surface area contributed by atoms with Crippen LogP contribution < -0.4 is 16.4 Å². The molecule has 266 valence electrons. The van der Waals surface area contributed by atoms with Crippen molar-refractivity contribution in [3.8, 4) is 33.9 Å². The Bertz CT molecular complexity index is 3110. The van der Waals surface area contributed by atoms with Crippen LogP contribution in [0.25, 0.3) is 77.5 Å². The lowest BCUT2D eigenvalue weighted by Gasteiger charge is -2.35. The van der Waals surface area contributed by atoms with Crippen molar-refractivity contribution in [3.05, 3.63) is 144 Å². The van der Waals surface area contributed by atoms with E-state index in [2.05, 4.69) is 186 Å². The predicted molar refractivity (Wildman–Crippen MR) is 235 cm³/mol. The van der Waals surface area contributed by atoms with Crippen LogP contribution >= 0.6 is 0 Å². The second kappa shape index (κ2) is 10.9. The van der Waals surface area contributed by atoms with E-state index >= 15 is 0 Å². The van der Waals surface area contributed by atoms with Crippen LogP contribution in [0, 0.1) is 13.8 Å². The van der Waals surface area contributed by atoms with Crippen LogP contribution in [0.2, 0.25) is 0 Å². The van der Waals surface area contributed by atoms with Crippen LogP contribution in [0.1, 0.15) is 63.8 Å². The number of hydrogen-bond donors (Lipinski definition) is 0. The van der Waals surface area contributed by atoms with Gasteiger partial charge in [0, 0.05) is 33.2 Å². The van der Waals surface area contributed by atoms with Crippen molar-refractivity contribution >= 4 is 66.7 Å². The molecule has 55 heavy (non-hydrogen) atoms. The second-order valence-electron chi connectivity index (χ2n) is 18.2. The molecule has 4 heteroatoms. The largest absolute Gasteiger partial charge is 0.310 e. The fourth-order valence-electron chi connectivity index (χ4n) is 9.89. The summed E-state index contributed by atoms with van der Waals surface area (Å²) in [6.07, 6.45) is 0. The summed E-state index contributed by atoms with van der Waals surface area (Å²) >= 11 is 0. The third kappa shape index (κ3) is 4.43.